The average Bonchev–Trinajstić information content (AvgIpc) is 2.32. The molecular formula is C12H14BrN3O. The topological polar surface area (TPSA) is 58.0 Å². The second-order valence-corrected chi connectivity index (χ2v) is 5.27. The Morgan fingerprint density at radius 3 is 3.06 bits per heavy atom. The van der Waals surface area contributed by atoms with Crippen LogP contribution in [0, 0.1) is 5.92 Å². The van der Waals surface area contributed by atoms with Gasteiger partial charge < -0.3 is 4.74 Å². The summed E-state index contributed by atoms with van der Waals surface area (Å²) < 4.78 is 6.44. The molecule has 5 heteroatoms. The van der Waals surface area contributed by atoms with Gasteiger partial charge in [-0.25, -0.2) is 0 Å². The zero-order chi connectivity index (χ0) is 12.3. The highest BCUT2D eigenvalue weighted by atomic mass is 79.9. The van der Waals surface area contributed by atoms with Gasteiger partial charge in [-0.05, 0) is 35.6 Å². The van der Waals surface area contributed by atoms with Gasteiger partial charge in [0, 0.05) is 16.0 Å². The molecule has 90 valence electrons. The van der Waals surface area contributed by atoms with Gasteiger partial charge in [-0.3, -0.25) is 0 Å². The summed E-state index contributed by atoms with van der Waals surface area (Å²) in [6.07, 6.45) is 0.731. The number of benzene rings is 1. The Balaban J connectivity index is 2.50. The number of azide groups is 1. The Morgan fingerprint density at radius 2 is 2.41 bits per heavy atom. The monoisotopic (exact) mass is 295 g/mol. The lowest BCUT2D eigenvalue weighted by Gasteiger charge is -2.39. The molecule has 4 nitrogen and oxygen atoms in total. The molecule has 1 aliphatic heterocycles. The van der Waals surface area contributed by atoms with E-state index in [0.29, 0.717) is 13.2 Å². The second-order valence-electron chi connectivity index (χ2n) is 4.35. The summed E-state index contributed by atoms with van der Waals surface area (Å²) in [5.74, 6) is 0.182. The molecule has 0 spiro atoms. The predicted molar refractivity (Wildman–Crippen MR) is 69.6 cm³/mol. The molecule has 0 aliphatic carbocycles. The first-order valence-electron chi connectivity index (χ1n) is 5.59. The van der Waals surface area contributed by atoms with E-state index in [0.717, 1.165) is 16.5 Å². The molecule has 0 N–H and O–H groups in total. The molecule has 0 amide bonds. The van der Waals surface area contributed by atoms with Crippen molar-refractivity contribution in [3.05, 3.63) is 44.7 Å². The summed E-state index contributed by atoms with van der Waals surface area (Å²) in [6, 6.07) is 7.98. The van der Waals surface area contributed by atoms with Crippen LogP contribution in [0.5, 0.6) is 0 Å². The van der Waals surface area contributed by atoms with Gasteiger partial charge in [0.25, 0.3) is 0 Å². The zero-order valence-electron chi connectivity index (χ0n) is 9.64. The van der Waals surface area contributed by atoms with Gasteiger partial charge >= 0.3 is 0 Å². The Bertz CT molecular complexity index is 459. The average molecular weight is 296 g/mol. The van der Waals surface area contributed by atoms with Crippen LogP contribution < -0.4 is 0 Å². The molecule has 1 saturated heterocycles. The van der Waals surface area contributed by atoms with Crippen LogP contribution in [0.15, 0.2) is 33.9 Å². The van der Waals surface area contributed by atoms with E-state index in [1.807, 2.05) is 24.3 Å². The smallest absolute Gasteiger partial charge is 0.0807 e. The van der Waals surface area contributed by atoms with Gasteiger partial charge in [0.2, 0.25) is 0 Å². The molecule has 0 saturated carbocycles. The fraction of sp³-hybridized carbons (Fsp3) is 0.500. The van der Waals surface area contributed by atoms with Crippen molar-refractivity contribution in [3.63, 3.8) is 0 Å². The number of halogens is 1. The third-order valence-electron chi connectivity index (χ3n) is 3.36. The minimum atomic E-state index is -0.475. The standard InChI is InChI=1S/C12H14BrN3O/c1-9-8-17-6-5-12(9,15-16-14)10-3-2-4-11(13)7-10/h2-4,7,9H,5-6,8H2,1H3/t9-,12-/m0/s1. The van der Waals surface area contributed by atoms with Crippen LogP contribution in [0.3, 0.4) is 0 Å². The first-order chi connectivity index (χ1) is 8.19. The maximum absolute atomic E-state index is 8.84. The van der Waals surface area contributed by atoms with Crippen LogP contribution in [-0.2, 0) is 10.3 Å². The molecule has 0 unspecified atom stereocenters. The van der Waals surface area contributed by atoms with E-state index in [9.17, 15) is 0 Å². The van der Waals surface area contributed by atoms with Crippen LogP contribution in [0.4, 0.5) is 0 Å². The Labute approximate surface area is 109 Å². The van der Waals surface area contributed by atoms with Gasteiger partial charge in [-0.2, -0.15) is 0 Å². The lowest BCUT2D eigenvalue weighted by molar-refractivity contribution is 0.00787. The van der Waals surface area contributed by atoms with Crippen molar-refractivity contribution in [2.45, 2.75) is 18.9 Å². The van der Waals surface area contributed by atoms with Crippen molar-refractivity contribution < 1.29 is 4.74 Å². The van der Waals surface area contributed by atoms with Gasteiger partial charge in [0.15, 0.2) is 0 Å². The molecule has 1 aromatic rings. The quantitative estimate of drug-likeness (QED) is 0.462. The largest absolute Gasteiger partial charge is 0.381 e. The maximum atomic E-state index is 8.84. The van der Waals surface area contributed by atoms with E-state index in [1.165, 1.54) is 0 Å². The lowest BCUT2D eigenvalue weighted by Crippen LogP contribution is -2.39. The van der Waals surface area contributed by atoms with E-state index in [-0.39, 0.29) is 5.92 Å². The minimum Gasteiger partial charge on any atom is -0.381 e. The molecule has 2 atom stereocenters. The Kier molecular flexibility index (Phi) is 3.72. The summed E-state index contributed by atoms with van der Waals surface area (Å²) >= 11 is 3.46. The molecule has 17 heavy (non-hydrogen) atoms. The summed E-state index contributed by atoms with van der Waals surface area (Å²) in [7, 11) is 0. The van der Waals surface area contributed by atoms with Gasteiger partial charge in [0.1, 0.15) is 0 Å². The molecule has 0 bridgehead atoms. The summed E-state index contributed by atoms with van der Waals surface area (Å²) in [5, 5.41) is 4.09. The third kappa shape index (κ3) is 2.32. The number of hydrogen-bond acceptors (Lipinski definition) is 2. The molecule has 0 aromatic heterocycles. The van der Waals surface area contributed by atoms with E-state index in [1.54, 1.807) is 0 Å². The van der Waals surface area contributed by atoms with Crippen LogP contribution >= 0.6 is 15.9 Å². The molecule has 1 aliphatic rings. The van der Waals surface area contributed by atoms with Crippen LogP contribution in [0.1, 0.15) is 18.9 Å². The first kappa shape index (κ1) is 12.4. The third-order valence-corrected chi connectivity index (χ3v) is 3.85. The maximum Gasteiger partial charge on any atom is 0.0807 e. The normalized spacial score (nSPS) is 28.5. The molecule has 1 fully saturated rings. The molecular weight excluding hydrogens is 282 g/mol. The first-order valence-corrected chi connectivity index (χ1v) is 6.38. The minimum absolute atomic E-state index is 0.182. The zero-order valence-corrected chi connectivity index (χ0v) is 11.2. The highest BCUT2D eigenvalue weighted by Gasteiger charge is 2.39. The number of ether oxygens (including phenoxy) is 1. The van der Waals surface area contributed by atoms with Crippen molar-refractivity contribution in [1.82, 2.24) is 0 Å². The van der Waals surface area contributed by atoms with Crippen LogP contribution in [0.25, 0.3) is 10.4 Å². The van der Waals surface area contributed by atoms with Gasteiger partial charge in [-0.1, -0.05) is 40.1 Å². The van der Waals surface area contributed by atoms with Gasteiger partial charge in [0.05, 0.1) is 12.1 Å². The number of nitrogens with zero attached hydrogens (tertiary/aromatic N) is 3. The van der Waals surface area contributed by atoms with Crippen molar-refractivity contribution in [2.75, 3.05) is 13.2 Å². The van der Waals surface area contributed by atoms with Gasteiger partial charge in [-0.15, -0.1) is 0 Å². The van der Waals surface area contributed by atoms with Crippen molar-refractivity contribution in [1.29, 1.82) is 0 Å². The fourth-order valence-corrected chi connectivity index (χ4v) is 2.74. The van der Waals surface area contributed by atoms with Crippen molar-refractivity contribution in [3.8, 4) is 0 Å². The molecule has 2 rings (SSSR count). The highest BCUT2D eigenvalue weighted by molar-refractivity contribution is 9.10. The van der Waals surface area contributed by atoms with Crippen LogP contribution in [0.2, 0.25) is 0 Å². The van der Waals surface area contributed by atoms with Crippen molar-refractivity contribution >= 4 is 15.9 Å². The highest BCUT2D eigenvalue weighted by Crippen LogP contribution is 2.41. The lowest BCUT2D eigenvalue weighted by atomic mass is 9.76. The SMILES string of the molecule is C[C@H]1COCC[C@@]1(N=[N+]=[N-])c1cccc(Br)c1. The summed E-state index contributed by atoms with van der Waals surface area (Å²) in [5.41, 5.74) is 9.42. The van der Waals surface area contributed by atoms with E-state index in [4.69, 9.17) is 10.3 Å². The molecule has 1 aromatic carbocycles. The fourth-order valence-electron chi connectivity index (χ4n) is 2.34. The van der Waals surface area contributed by atoms with Crippen molar-refractivity contribution in [2.24, 2.45) is 11.0 Å². The number of hydrogen-bond donors (Lipinski definition) is 0. The molecule has 1 heterocycles. The Morgan fingerprint density at radius 1 is 1.59 bits per heavy atom. The summed E-state index contributed by atoms with van der Waals surface area (Å²) in [4.78, 5) is 3.04. The van der Waals surface area contributed by atoms with E-state index < -0.39 is 5.54 Å². The van der Waals surface area contributed by atoms with Crippen LogP contribution in [-0.4, -0.2) is 13.2 Å². The number of rotatable bonds is 2. The molecule has 0 radical (unpaired) electrons. The summed E-state index contributed by atoms with van der Waals surface area (Å²) in [6.45, 7) is 3.33. The predicted octanol–water partition coefficient (Wildman–Crippen LogP) is 4.01. The Hall–Kier alpha value is -1.03. The second kappa shape index (κ2) is 5.08. The van der Waals surface area contributed by atoms with E-state index in [2.05, 4.69) is 32.9 Å². The van der Waals surface area contributed by atoms with E-state index >= 15 is 0 Å².